The van der Waals surface area contributed by atoms with Gasteiger partial charge in [0.25, 0.3) is 0 Å². The number of benzene rings is 1. The number of sulfonamides is 1. The van der Waals surface area contributed by atoms with Gasteiger partial charge in [0.15, 0.2) is 0 Å². The summed E-state index contributed by atoms with van der Waals surface area (Å²) in [5.74, 6) is 0. The van der Waals surface area contributed by atoms with Gasteiger partial charge >= 0.3 is 11.1 Å². The van der Waals surface area contributed by atoms with Crippen LogP contribution in [0.15, 0.2) is 32.7 Å². The van der Waals surface area contributed by atoms with Gasteiger partial charge in [-0.3, -0.25) is 9.59 Å². The molecular formula is C12H15N3O5S. The molecule has 0 spiro atoms. The fourth-order valence-electron chi connectivity index (χ4n) is 1.88. The summed E-state index contributed by atoms with van der Waals surface area (Å²) in [7, 11) is -2.27. The summed E-state index contributed by atoms with van der Waals surface area (Å²) in [5.41, 5.74) is -1.03. The van der Waals surface area contributed by atoms with Crippen molar-refractivity contribution in [2.45, 2.75) is 17.9 Å². The zero-order valence-corrected chi connectivity index (χ0v) is 12.3. The molecule has 0 aliphatic heterocycles. The van der Waals surface area contributed by atoms with Crippen molar-refractivity contribution in [1.29, 1.82) is 0 Å². The van der Waals surface area contributed by atoms with Gasteiger partial charge in [0.1, 0.15) is 0 Å². The van der Waals surface area contributed by atoms with Gasteiger partial charge in [-0.05, 0) is 25.1 Å². The Morgan fingerprint density at radius 3 is 2.43 bits per heavy atom. The van der Waals surface area contributed by atoms with Gasteiger partial charge in [-0.2, -0.15) is 0 Å². The van der Waals surface area contributed by atoms with Crippen LogP contribution >= 0.6 is 0 Å². The van der Waals surface area contributed by atoms with Crippen molar-refractivity contribution in [3.05, 3.63) is 38.9 Å². The summed E-state index contributed by atoms with van der Waals surface area (Å²) in [5, 5.41) is 0. The first-order valence-electron chi connectivity index (χ1n) is 6.11. The van der Waals surface area contributed by atoms with Crippen LogP contribution in [0.4, 0.5) is 0 Å². The maximum Gasteiger partial charge on any atom is 0.314 e. The number of fused-ring (bicyclic) bond motifs is 1. The summed E-state index contributed by atoms with van der Waals surface area (Å²) in [4.78, 5) is 27.1. The third kappa shape index (κ3) is 3.38. The number of ether oxygens (including phenoxy) is 1. The van der Waals surface area contributed by atoms with Gasteiger partial charge in [-0.1, -0.05) is 0 Å². The molecule has 1 aromatic carbocycles. The van der Waals surface area contributed by atoms with Gasteiger partial charge in [-0.15, -0.1) is 0 Å². The average molecular weight is 313 g/mol. The van der Waals surface area contributed by atoms with E-state index in [1.54, 1.807) is 6.92 Å². The Morgan fingerprint density at radius 1 is 1.19 bits per heavy atom. The Bertz CT molecular complexity index is 868. The molecule has 9 heteroatoms. The Balaban J connectivity index is 2.45. The predicted molar refractivity (Wildman–Crippen MR) is 76.8 cm³/mol. The lowest BCUT2D eigenvalue weighted by Gasteiger charge is -2.13. The molecule has 8 nitrogen and oxygen atoms in total. The van der Waals surface area contributed by atoms with Crippen LogP contribution in [0, 0.1) is 0 Å². The molecule has 1 heterocycles. The molecule has 0 aliphatic rings. The minimum atomic E-state index is -3.74. The lowest BCUT2D eigenvalue weighted by molar-refractivity contribution is 0.180. The highest BCUT2D eigenvalue weighted by Crippen LogP contribution is 2.14. The highest BCUT2D eigenvalue weighted by Gasteiger charge is 2.18. The highest BCUT2D eigenvalue weighted by molar-refractivity contribution is 7.89. The van der Waals surface area contributed by atoms with E-state index < -0.39 is 27.2 Å². The van der Waals surface area contributed by atoms with E-state index in [9.17, 15) is 18.0 Å². The van der Waals surface area contributed by atoms with Crippen molar-refractivity contribution in [2.24, 2.45) is 0 Å². The summed E-state index contributed by atoms with van der Waals surface area (Å²) in [6, 6.07) is 3.65. The fourth-order valence-corrected chi connectivity index (χ4v) is 3.13. The standard InChI is InChI=1S/C12H15N3O5S/c1-7(6-20-2)15-21(18,19)8-3-4-9-10(5-8)14-12(17)11(16)13-9/h3-5,7,15H,6H2,1-2H3,(H,13,16)(H,14,17). The molecule has 2 rings (SSSR count). The van der Waals surface area contributed by atoms with Crippen LogP contribution in [-0.4, -0.2) is 38.1 Å². The molecule has 3 N–H and O–H groups in total. The molecule has 1 aromatic heterocycles. The van der Waals surface area contributed by atoms with Gasteiger partial charge in [0.05, 0.1) is 22.5 Å². The molecule has 0 amide bonds. The molecule has 0 radical (unpaired) electrons. The SMILES string of the molecule is COCC(C)NS(=O)(=O)c1ccc2[nH]c(=O)c(=O)[nH]c2c1. The summed E-state index contributed by atoms with van der Waals surface area (Å²) in [6.07, 6.45) is 0. The van der Waals surface area contributed by atoms with E-state index >= 15 is 0 Å². The lowest BCUT2D eigenvalue weighted by Crippen LogP contribution is -2.35. The molecule has 2 aromatic rings. The van der Waals surface area contributed by atoms with Crippen LogP contribution in [0.1, 0.15) is 6.92 Å². The number of aromatic amines is 2. The normalized spacial score (nSPS) is 13.4. The maximum absolute atomic E-state index is 12.2. The predicted octanol–water partition coefficient (Wildman–Crippen LogP) is -0.470. The van der Waals surface area contributed by atoms with Crippen molar-refractivity contribution in [1.82, 2.24) is 14.7 Å². The van der Waals surface area contributed by atoms with Crippen LogP contribution in [0.2, 0.25) is 0 Å². The monoisotopic (exact) mass is 313 g/mol. The van der Waals surface area contributed by atoms with E-state index in [-0.39, 0.29) is 17.0 Å². The second-order valence-corrected chi connectivity index (χ2v) is 6.31. The van der Waals surface area contributed by atoms with E-state index in [1.165, 1.54) is 25.3 Å². The maximum atomic E-state index is 12.2. The first kappa shape index (κ1) is 15.4. The summed E-state index contributed by atoms with van der Waals surface area (Å²) >= 11 is 0. The van der Waals surface area contributed by atoms with Crippen molar-refractivity contribution in [2.75, 3.05) is 13.7 Å². The van der Waals surface area contributed by atoms with Crippen LogP contribution in [0.25, 0.3) is 11.0 Å². The van der Waals surface area contributed by atoms with Crippen molar-refractivity contribution < 1.29 is 13.2 Å². The average Bonchev–Trinajstić information content (AvgIpc) is 2.39. The Labute approximate surface area is 120 Å². The molecule has 114 valence electrons. The zero-order chi connectivity index (χ0) is 15.6. The molecule has 1 unspecified atom stereocenters. The van der Waals surface area contributed by atoms with Gasteiger partial charge < -0.3 is 14.7 Å². The molecule has 0 fully saturated rings. The van der Waals surface area contributed by atoms with E-state index in [4.69, 9.17) is 4.74 Å². The molecule has 0 aliphatic carbocycles. The van der Waals surface area contributed by atoms with E-state index in [0.29, 0.717) is 5.52 Å². The van der Waals surface area contributed by atoms with Crippen molar-refractivity contribution >= 4 is 21.1 Å². The van der Waals surface area contributed by atoms with E-state index in [0.717, 1.165) is 0 Å². The Kier molecular flexibility index (Phi) is 4.26. The quantitative estimate of drug-likeness (QED) is 0.644. The minimum absolute atomic E-state index is 0.0133. The number of hydrogen-bond acceptors (Lipinski definition) is 5. The third-order valence-corrected chi connectivity index (χ3v) is 4.36. The first-order chi connectivity index (χ1) is 9.83. The highest BCUT2D eigenvalue weighted by atomic mass is 32.2. The Hall–Kier alpha value is -1.97. The molecule has 1 atom stereocenters. The van der Waals surface area contributed by atoms with Crippen LogP contribution < -0.4 is 15.8 Å². The van der Waals surface area contributed by atoms with Crippen molar-refractivity contribution in [3.63, 3.8) is 0 Å². The minimum Gasteiger partial charge on any atom is -0.383 e. The second-order valence-electron chi connectivity index (χ2n) is 4.59. The zero-order valence-electron chi connectivity index (χ0n) is 11.5. The molecule has 0 saturated heterocycles. The Morgan fingerprint density at radius 2 is 1.81 bits per heavy atom. The van der Waals surface area contributed by atoms with Crippen molar-refractivity contribution in [3.8, 4) is 0 Å². The number of hydrogen-bond donors (Lipinski definition) is 3. The van der Waals surface area contributed by atoms with E-state index in [2.05, 4.69) is 14.7 Å². The molecular weight excluding hydrogens is 298 g/mol. The molecule has 0 saturated carbocycles. The number of H-pyrrole nitrogens is 2. The summed E-state index contributed by atoms with van der Waals surface area (Å²) < 4.78 is 31.7. The van der Waals surface area contributed by atoms with Crippen LogP contribution in [0.3, 0.4) is 0 Å². The topological polar surface area (TPSA) is 121 Å². The summed E-state index contributed by atoms with van der Waals surface area (Å²) in [6.45, 7) is 1.90. The van der Waals surface area contributed by atoms with E-state index in [1.807, 2.05) is 0 Å². The first-order valence-corrected chi connectivity index (χ1v) is 7.59. The largest absolute Gasteiger partial charge is 0.383 e. The molecule has 21 heavy (non-hydrogen) atoms. The third-order valence-electron chi connectivity index (χ3n) is 2.78. The molecule has 0 bridgehead atoms. The second kappa shape index (κ2) is 5.80. The van der Waals surface area contributed by atoms with Gasteiger partial charge in [-0.25, -0.2) is 13.1 Å². The fraction of sp³-hybridized carbons (Fsp3) is 0.333. The van der Waals surface area contributed by atoms with Gasteiger partial charge in [0, 0.05) is 13.2 Å². The number of aromatic nitrogens is 2. The number of nitrogens with one attached hydrogen (secondary N) is 3. The number of rotatable bonds is 5. The van der Waals surface area contributed by atoms with Crippen LogP contribution in [0.5, 0.6) is 0 Å². The van der Waals surface area contributed by atoms with Gasteiger partial charge in [0.2, 0.25) is 10.0 Å². The smallest absolute Gasteiger partial charge is 0.314 e. The number of methoxy groups -OCH3 is 1. The lowest BCUT2D eigenvalue weighted by atomic mass is 10.3. The van der Waals surface area contributed by atoms with Crippen LogP contribution in [-0.2, 0) is 14.8 Å².